The third-order valence-corrected chi connectivity index (χ3v) is 1.83. The second-order valence-corrected chi connectivity index (χ2v) is 2.68. The molecule has 0 amide bonds. The molecule has 1 aromatic carbocycles. The second-order valence-electron chi connectivity index (χ2n) is 2.27. The predicted molar refractivity (Wildman–Crippen MR) is 77.2 cm³/mol. The van der Waals surface area contributed by atoms with Crippen LogP contribution >= 0.6 is 11.6 Å². The Morgan fingerprint density at radius 3 is 1.76 bits per heavy atom. The van der Waals surface area contributed by atoms with Gasteiger partial charge in [-0.25, -0.2) is 4.79 Å². The van der Waals surface area contributed by atoms with Gasteiger partial charge in [0.2, 0.25) is 0 Å². The summed E-state index contributed by atoms with van der Waals surface area (Å²) in [5.41, 5.74) is 1.05. The van der Waals surface area contributed by atoms with Crippen LogP contribution in [0.5, 0.6) is 0 Å². The van der Waals surface area contributed by atoms with E-state index in [0.717, 1.165) is 5.56 Å². The molecule has 0 bridgehead atoms. The van der Waals surface area contributed by atoms with Crippen LogP contribution in [0.1, 0.15) is 57.5 Å². The van der Waals surface area contributed by atoms with Crippen molar-refractivity contribution in [3.63, 3.8) is 0 Å². The molecule has 17 heavy (non-hydrogen) atoms. The molecule has 1 rings (SSSR count). The first-order chi connectivity index (χ1) is 8.11. The average molecular weight is 261 g/mol. The van der Waals surface area contributed by atoms with Gasteiger partial charge in [0.15, 0.2) is 0 Å². The minimum atomic E-state index is -0.926. The van der Waals surface area contributed by atoms with E-state index < -0.39 is 5.97 Å². The molecule has 0 unspecified atom stereocenters. The van der Waals surface area contributed by atoms with E-state index in [0.29, 0.717) is 5.02 Å². The molecule has 100 valence electrons. The fourth-order valence-electron chi connectivity index (χ4n) is 0.778. The molecule has 3 heteroatoms. The SMILES string of the molecule is CC.CC.CC.Cc1cc(C(=O)O)ccc1Cl. The molecule has 0 saturated carbocycles. The fourth-order valence-corrected chi connectivity index (χ4v) is 0.895. The van der Waals surface area contributed by atoms with Crippen LogP contribution in [-0.4, -0.2) is 11.1 Å². The van der Waals surface area contributed by atoms with Gasteiger partial charge in [-0.1, -0.05) is 53.1 Å². The van der Waals surface area contributed by atoms with E-state index in [4.69, 9.17) is 16.7 Å². The Labute approximate surface area is 111 Å². The Kier molecular flexibility index (Phi) is 18.8. The number of hydrogen-bond donors (Lipinski definition) is 1. The van der Waals surface area contributed by atoms with Gasteiger partial charge >= 0.3 is 5.97 Å². The Balaban J connectivity index is -0.000000285. The van der Waals surface area contributed by atoms with Crippen molar-refractivity contribution in [3.05, 3.63) is 34.3 Å². The highest BCUT2D eigenvalue weighted by molar-refractivity contribution is 6.31. The van der Waals surface area contributed by atoms with Crippen LogP contribution in [0.2, 0.25) is 5.02 Å². The third kappa shape index (κ3) is 9.88. The monoisotopic (exact) mass is 260 g/mol. The highest BCUT2D eigenvalue weighted by atomic mass is 35.5. The number of halogens is 1. The van der Waals surface area contributed by atoms with Crippen LogP contribution in [0.4, 0.5) is 0 Å². The zero-order valence-electron chi connectivity index (χ0n) is 12.0. The van der Waals surface area contributed by atoms with Crippen LogP contribution in [0, 0.1) is 6.92 Å². The summed E-state index contributed by atoms with van der Waals surface area (Å²) in [6.07, 6.45) is 0. The van der Waals surface area contributed by atoms with Crippen molar-refractivity contribution in [2.45, 2.75) is 48.5 Å². The summed E-state index contributed by atoms with van der Waals surface area (Å²) in [7, 11) is 0. The van der Waals surface area contributed by atoms with E-state index >= 15 is 0 Å². The number of aromatic carboxylic acids is 1. The summed E-state index contributed by atoms with van der Waals surface area (Å²) in [4.78, 5) is 10.4. The maximum absolute atomic E-state index is 10.4. The van der Waals surface area contributed by atoms with Gasteiger partial charge in [0, 0.05) is 5.02 Å². The van der Waals surface area contributed by atoms with Crippen molar-refractivity contribution >= 4 is 17.6 Å². The molecule has 1 N–H and O–H groups in total. The summed E-state index contributed by atoms with van der Waals surface area (Å²) < 4.78 is 0. The van der Waals surface area contributed by atoms with Gasteiger partial charge in [0.25, 0.3) is 0 Å². The second kappa shape index (κ2) is 15.0. The fraction of sp³-hybridized carbons (Fsp3) is 0.500. The van der Waals surface area contributed by atoms with Gasteiger partial charge in [-0.15, -0.1) is 0 Å². The molecule has 0 atom stereocenters. The minimum absolute atomic E-state index is 0.270. The molecule has 0 aliphatic rings. The Morgan fingerprint density at radius 2 is 1.47 bits per heavy atom. The quantitative estimate of drug-likeness (QED) is 0.731. The van der Waals surface area contributed by atoms with Crippen molar-refractivity contribution in [2.75, 3.05) is 0 Å². The molecule has 0 radical (unpaired) electrons. The standard InChI is InChI=1S/C8H7ClO2.3C2H6/c1-5-4-6(8(10)11)2-3-7(5)9;3*1-2/h2-4H,1H3,(H,10,11);3*1-2H3. The molecular weight excluding hydrogens is 236 g/mol. The maximum atomic E-state index is 10.4. The minimum Gasteiger partial charge on any atom is -0.478 e. The van der Waals surface area contributed by atoms with Crippen molar-refractivity contribution in [1.29, 1.82) is 0 Å². The highest BCUT2D eigenvalue weighted by Gasteiger charge is 2.03. The van der Waals surface area contributed by atoms with Gasteiger partial charge in [0.1, 0.15) is 0 Å². The molecule has 0 saturated heterocycles. The van der Waals surface area contributed by atoms with Crippen LogP contribution in [0.15, 0.2) is 18.2 Å². The van der Waals surface area contributed by atoms with Crippen molar-refractivity contribution in [2.24, 2.45) is 0 Å². The summed E-state index contributed by atoms with van der Waals surface area (Å²) >= 11 is 5.69. The summed E-state index contributed by atoms with van der Waals surface area (Å²) in [5.74, 6) is -0.926. The highest BCUT2D eigenvalue weighted by Crippen LogP contribution is 2.15. The van der Waals surface area contributed by atoms with Gasteiger partial charge < -0.3 is 5.11 Å². The van der Waals surface area contributed by atoms with Crippen molar-refractivity contribution < 1.29 is 9.90 Å². The van der Waals surface area contributed by atoms with E-state index in [-0.39, 0.29) is 5.56 Å². The Hall–Kier alpha value is -1.02. The van der Waals surface area contributed by atoms with E-state index in [2.05, 4.69) is 0 Å². The number of aryl methyl sites for hydroxylation is 1. The Bertz CT molecular complexity index is 296. The average Bonchev–Trinajstić information content (AvgIpc) is 2.39. The number of carbonyl (C=O) groups is 1. The first kappa shape index (κ1) is 21.3. The zero-order valence-corrected chi connectivity index (χ0v) is 12.7. The summed E-state index contributed by atoms with van der Waals surface area (Å²) in [6, 6.07) is 4.61. The molecule has 0 spiro atoms. The van der Waals surface area contributed by atoms with Crippen molar-refractivity contribution in [1.82, 2.24) is 0 Å². The molecule has 0 aliphatic heterocycles. The van der Waals surface area contributed by atoms with Gasteiger partial charge in [0.05, 0.1) is 5.56 Å². The molecular formula is C14H25ClO2. The topological polar surface area (TPSA) is 37.3 Å². The lowest BCUT2D eigenvalue weighted by Gasteiger charge is -1.97. The number of benzene rings is 1. The predicted octanol–water partition coefficient (Wildman–Crippen LogP) is 5.43. The molecule has 0 aromatic heterocycles. The molecule has 0 aliphatic carbocycles. The van der Waals surface area contributed by atoms with E-state index in [1.54, 1.807) is 19.1 Å². The lowest BCUT2D eigenvalue weighted by molar-refractivity contribution is 0.0697. The van der Waals surface area contributed by atoms with E-state index in [1.165, 1.54) is 6.07 Å². The maximum Gasteiger partial charge on any atom is 0.335 e. The lowest BCUT2D eigenvalue weighted by atomic mass is 10.1. The van der Waals surface area contributed by atoms with E-state index in [9.17, 15) is 4.79 Å². The summed E-state index contributed by atoms with van der Waals surface area (Å²) in [6.45, 7) is 13.8. The molecule has 0 fully saturated rings. The number of rotatable bonds is 1. The lowest BCUT2D eigenvalue weighted by Crippen LogP contribution is -1.95. The van der Waals surface area contributed by atoms with Gasteiger partial charge in [-0.2, -0.15) is 0 Å². The number of carboxylic acid groups (broad SMARTS) is 1. The normalized spacial score (nSPS) is 7.29. The number of carboxylic acids is 1. The van der Waals surface area contributed by atoms with Crippen LogP contribution < -0.4 is 0 Å². The molecule has 2 nitrogen and oxygen atoms in total. The first-order valence-corrected chi connectivity index (χ1v) is 6.48. The van der Waals surface area contributed by atoms with Gasteiger partial charge in [-0.3, -0.25) is 0 Å². The van der Waals surface area contributed by atoms with Crippen molar-refractivity contribution in [3.8, 4) is 0 Å². The van der Waals surface area contributed by atoms with Crippen LogP contribution in [-0.2, 0) is 0 Å². The first-order valence-electron chi connectivity index (χ1n) is 6.10. The van der Waals surface area contributed by atoms with E-state index in [1.807, 2.05) is 41.5 Å². The van der Waals surface area contributed by atoms with Crippen LogP contribution in [0.25, 0.3) is 0 Å². The van der Waals surface area contributed by atoms with Gasteiger partial charge in [-0.05, 0) is 30.7 Å². The summed E-state index contributed by atoms with van der Waals surface area (Å²) in [5, 5.41) is 9.15. The molecule has 0 heterocycles. The largest absolute Gasteiger partial charge is 0.478 e. The zero-order chi connectivity index (χ0) is 14.4. The molecule has 1 aromatic rings. The smallest absolute Gasteiger partial charge is 0.335 e. The van der Waals surface area contributed by atoms with Crippen LogP contribution in [0.3, 0.4) is 0 Å². The number of hydrogen-bond acceptors (Lipinski definition) is 1. The Morgan fingerprint density at radius 1 is 1.06 bits per heavy atom. The third-order valence-electron chi connectivity index (χ3n) is 1.40.